The highest BCUT2D eigenvalue weighted by Gasteiger charge is 2.21. The third-order valence-corrected chi connectivity index (χ3v) is 5.73. The molecule has 33 heavy (non-hydrogen) atoms. The van der Waals surface area contributed by atoms with E-state index in [2.05, 4.69) is 10.5 Å². The van der Waals surface area contributed by atoms with Gasteiger partial charge in [0.05, 0.1) is 12.3 Å². The van der Waals surface area contributed by atoms with Crippen LogP contribution in [0.4, 0.5) is 0 Å². The maximum Gasteiger partial charge on any atom is 0.251 e. The van der Waals surface area contributed by atoms with Crippen molar-refractivity contribution in [2.45, 2.75) is 32.2 Å². The van der Waals surface area contributed by atoms with E-state index < -0.39 is 0 Å². The van der Waals surface area contributed by atoms with Crippen molar-refractivity contribution < 1.29 is 15.1 Å². The van der Waals surface area contributed by atoms with E-state index in [1.807, 2.05) is 43.3 Å². The number of nitrogens with one attached hydrogen (secondary N) is 1. The van der Waals surface area contributed by atoms with Gasteiger partial charge in [-0.05, 0) is 48.7 Å². The van der Waals surface area contributed by atoms with E-state index in [9.17, 15) is 14.8 Å². The van der Waals surface area contributed by atoms with Gasteiger partial charge in [-0.3, -0.25) is 9.59 Å². The van der Waals surface area contributed by atoms with Crippen molar-refractivity contribution in [3.8, 4) is 0 Å². The zero-order chi connectivity index (χ0) is 24.0. The van der Waals surface area contributed by atoms with Gasteiger partial charge < -0.3 is 20.2 Å². The van der Waals surface area contributed by atoms with Crippen molar-refractivity contribution >= 4 is 11.6 Å². The number of hydrogen-bond acceptors (Lipinski definition) is 5. The monoisotopic (exact) mass is 447 g/mol. The summed E-state index contributed by atoms with van der Waals surface area (Å²) in [5.41, 5.74) is 4.60. The third kappa shape index (κ3) is 5.75. The molecule has 0 aliphatic rings. The third-order valence-electron chi connectivity index (χ3n) is 5.73. The van der Waals surface area contributed by atoms with E-state index in [-0.39, 0.29) is 30.0 Å². The number of nitrogens with zero attached hydrogens (tertiary/aromatic N) is 2. The van der Waals surface area contributed by atoms with Gasteiger partial charge in [0.1, 0.15) is 0 Å². The first-order valence-corrected chi connectivity index (χ1v) is 10.8. The van der Waals surface area contributed by atoms with E-state index in [4.69, 9.17) is 5.11 Å². The SMILES string of the molecule is Cc1ccccc1C(CC(=NO)c1ccc(=O)n(C)c1)c1ccc(C(=O)NC(C)CO)cc1. The maximum absolute atomic E-state index is 12.4. The second kappa shape index (κ2) is 10.7. The van der Waals surface area contributed by atoms with Crippen LogP contribution in [0, 0.1) is 6.92 Å². The van der Waals surface area contributed by atoms with Gasteiger partial charge >= 0.3 is 0 Å². The molecule has 0 saturated heterocycles. The molecule has 7 nitrogen and oxygen atoms in total. The molecule has 0 aliphatic carbocycles. The molecular formula is C26H29N3O4. The van der Waals surface area contributed by atoms with Gasteiger partial charge in [0, 0.05) is 48.8 Å². The van der Waals surface area contributed by atoms with E-state index in [0.717, 1.165) is 16.7 Å². The molecule has 0 fully saturated rings. The summed E-state index contributed by atoms with van der Waals surface area (Å²) in [5, 5.41) is 25.3. The van der Waals surface area contributed by atoms with Gasteiger partial charge in [-0.15, -0.1) is 0 Å². The van der Waals surface area contributed by atoms with Crippen molar-refractivity contribution in [2.24, 2.45) is 12.2 Å². The number of aryl methyl sites for hydroxylation is 2. The number of oxime groups is 1. The Hall–Kier alpha value is -3.71. The highest BCUT2D eigenvalue weighted by molar-refractivity contribution is 6.00. The Morgan fingerprint density at radius 3 is 2.33 bits per heavy atom. The summed E-state index contributed by atoms with van der Waals surface area (Å²) in [7, 11) is 1.65. The van der Waals surface area contributed by atoms with Gasteiger partial charge in [-0.25, -0.2) is 0 Å². The number of aliphatic hydroxyl groups excluding tert-OH is 1. The van der Waals surface area contributed by atoms with Crippen molar-refractivity contribution in [3.05, 3.63) is 105 Å². The molecule has 0 aliphatic heterocycles. The van der Waals surface area contributed by atoms with Crippen LogP contribution in [0.1, 0.15) is 51.9 Å². The molecule has 0 saturated carbocycles. The summed E-state index contributed by atoms with van der Waals surface area (Å²) >= 11 is 0. The topological polar surface area (TPSA) is 104 Å². The lowest BCUT2D eigenvalue weighted by molar-refractivity contribution is 0.0922. The van der Waals surface area contributed by atoms with Crippen molar-refractivity contribution in [3.63, 3.8) is 0 Å². The van der Waals surface area contributed by atoms with Crippen LogP contribution in [0.3, 0.4) is 0 Å². The number of benzene rings is 2. The molecule has 2 atom stereocenters. The van der Waals surface area contributed by atoms with Crippen LogP contribution in [-0.4, -0.2) is 39.1 Å². The highest BCUT2D eigenvalue weighted by atomic mass is 16.4. The Morgan fingerprint density at radius 2 is 1.73 bits per heavy atom. The number of hydrogen-bond donors (Lipinski definition) is 3. The lowest BCUT2D eigenvalue weighted by Gasteiger charge is -2.21. The number of rotatable bonds is 8. The zero-order valence-corrected chi connectivity index (χ0v) is 19.0. The molecular weight excluding hydrogens is 418 g/mol. The Kier molecular flexibility index (Phi) is 7.79. The van der Waals surface area contributed by atoms with Crippen LogP contribution in [0.5, 0.6) is 0 Å². The Balaban J connectivity index is 1.97. The number of aromatic nitrogens is 1. The van der Waals surface area contributed by atoms with Gasteiger partial charge in [0.2, 0.25) is 5.56 Å². The number of amides is 1. The van der Waals surface area contributed by atoms with Crippen molar-refractivity contribution in [1.29, 1.82) is 0 Å². The summed E-state index contributed by atoms with van der Waals surface area (Å²) in [4.78, 5) is 24.2. The Labute approximate surface area is 193 Å². The molecule has 7 heteroatoms. The van der Waals surface area contributed by atoms with Gasteiger partial charge in [0.15, 0.2) is 0 Å². The molecule has 3 aromatic rings. The summed E-state index contributed by atoms with van der Waals surface area (Å²) in [6.07, 6.45) is 2.05. The minimum atomic E-state index is -0.331. The zero-order valence-electron chi connectivity index (χ0n) is 19.0. The number of pyridine rings is 1. The first-order chi connectivity index (χ1) is 15.8. The summed E-state index contributed by atoms with van der Waals surface area (Å²) < 4.78 is 1.45. The van der Waals surface area contributed by atoms with Gasteiger partial charge in [-0.1, -0.05) is 41.6 Å². The van der Waals surface area contributed by atoms with Crippen LogP contribution in [0.15, 0.2) is 76.8 Å². The Morgan fingerprint density at radius 1 is 1.06 bits per heavy atom. The molecule has 0 spiro atoms. The minimum Gasteiger partial charge on any atom is -0.411 e. The fourth-order valence-electron chi connectivity index (χ4n) is 3.78. The summed E-state index contributed by atoms with van der Waals surface area (Å²) in [6.45, 7) is 3.63. The molecule has 1 amide bonds. The van der Waals surface area contributed by atoms with Crippen LogP contribution in [0.2, 0.25) is 0 Å². The second-order valence-corrected chi connectivity index (χ2v) is 8.21. The van der Waals surface area contributed by atoms with E-state index in [0.29, 0.717) is 23.3 Å². The van der Waals surface area contributed by atoms with Crippen molar-refractivity contribution in [1.82, 2.24) is 9.88 Å². The normalized spacial score (nSPS) is 13.4. The molecule has 1 heterocycles. The predicted octanol–water partition coefficient (Wildman–Crippen LogP) is 3.20. The predicted molar refractivity (Wildman–Crippen MR) is 128 cm³/mol. The molecule has 172 valence electrons. The van der Waals surface area contributed by atoms with Crippen LogP contribution < -0.4 is 10.9 Å². The highest BCUT2D eigenvalue weighted by Crippen LogP contribution is 2.32. The molecule has 3 rings (SSSR count). The van der Waals surface area contributed by atoms with Gasteiger partial charge in [0.25, 0.3) is 5.91 Å². The molecule has 0 radical (unpaired) electrons. The van der Waals surface area contributed by atoms with E-state index >= 15 is 0 Å². The van der Waals surface area contributed by atoms with E-state index in [1.54, 1.807) is 38.4 Å². The fraction of sp³-hybridized carbons (Fsp3) is 0.269. The Bertz CT molecular complexity index is 1200. The first kappa shape index (κ1) is 23.9. The number of aliphatic hydroxyl groups is 1. The van der Waals surface area contributed by atoms with Crippen molar-refractivity contribution in [2.75, 3.05) is 6.61 Å². The summed E-state index contributed by atoms with van der Waals surface area (Å²) in [5.74, 6) is -0.388. The fourth-order valence-corrected chi connectivity index (χ4v) is 3.78. The smallest absolute Gasteiger partial charge is 0.251 e. The number of carbonyl (C=O) groups excluding carboxylic acids is 1. The average Bonchev–Trinajstić information content (AvgIpc) is 2.82. The van der Waals surface area contributed by atoms with Crippen LogP contribution in [-0.2, 0) is 7.05 Å². The molecule has 3 N–H and O–H groups in total. The molecule has 2 aromatic carbocycles. The van der Waals surface area contributed by atoms with E-state index in [1.165, 1.54) is 10.6 Å². The first-order valence-electron chi connectivity index (χ1n) is 10.8. The minimum absolute atomic E-state index is 0.131. The lowest BCUT2D eigenvalue weighted by Crippen LogP contribution is -2.34. The number of carbonyl (C=O) groups is 1. The lowest BCUT2D eigenvalue weighted by atomic mass is 9.83. The van der Waals surface area contributed by atoms with Crippen LogP contribution >= 0.6 is 0 Å². The summed E-state index contributed by atoms with van der Waals surface area (Å²) in [6, 6.07) is 18.1. The molecule has 2 unspecified atom stereocenters. The van der Waals surface area contributed by atoms with Gasteiger partial charge in [-0.2, -0.15) is 0 Å². The molecule has 1 aromatic heterocycles. The maximum atomic E-state index is 12.4. The second-order valence-electron chi connectivity index (χ2n) is 8.21. The standard InChI is InChI=1S/C26H29N3O4/c1-17-6-4-5-7-22(17)23(14-24(28-33)21-12-13-25(31)29(3)15-21)19-8-10-20(11-9-19)26(32)27-18(2)16-30/h4-13,15,18,23,30,33H,14,16H2,1-3H3,(H,27,32). The molecule has 0 bridgehead atoms. The average molecular weight is 448 g/mol. The largest absolute Gasteiger partial charge is 0.411 e. The quantitative estimate of drug-likeness (QED) is 0.280. The van der Waals surface area contributed by atoms with Crippen LogP contribution in [0.25, 0.3) is 0 Å².